The van der Waals surface area contributed by atoms with Crippen LogP contribution < -0.4 is 4.72 Å². The van der Waals surface area contributed by atoms with Gasteiger partial charge in [0.15, 0.2) is 0 Å². The number of sulfonamides is 1. The van der Waals surface area contributed by atoms with Crippen LogP contribution in [0.5, 0.6) is 0 Å². The van der Waals surface area contributed by atoms with E-state index in [0.717, 1.165) is 17.1 Å². The first-order valence-electron chi connectivity index (χ1n) is 8.07. The van der Waals surface area contributed by atoms with Crippen molar-refractivity contribution in [2.75, 3.05) is 6.54 Å². The second kappa shape index (κ2) is 6.45. The molecule has 0 saturated heterocycles. The summed E-state index contributed by atoms with van der Waals surface area (Å²) in [5.74, 6) is 0.972. The van der Waals surface area contributed by atoms with Crippen LogP contribution in [0.2, 0.25) is 0 Å². The summed E-state index contributed by atoms with van der Waals surface area (Å²) in [5, 5.41) is 0. The number of aromatic nitrogens is 2. The quantitative estimate of drug-likeness (QED) is 0.884. The molecule has 0 bridgehead atoms. The lowest BCUT2D eigenvalue weighted by Crippen LogP contribution is -2.28. The molecular formula is C17H23N3O2S. The van der Waals surface area contributed by atoms with Crippen molar-refractivity contribution in [2.24, 2.45) is 0 Å². The fraction of sp³-hybridized carbons (Fsp3) is 0.471. The number of benzene rings is 1. The van der Waals surface area contributed by atoms with Crippen LogP contribution in [0.1, 0.15) is 42.4 Å². The Labute approximate surface area is 137 Å². The Morgan fingerprint density at radius 2 is 2.00 bits per heavy atom. The fourth-order valence-corrected chi connectivity index (χ4v) is 4.33. The van der Waals surface area contributed by atoms with Crippen molar-refractivity contribution >= 4 is 10.0 Å². The Balaban J connectivity index is 1.67. The number of rotatable bonds is 6. The number of imidazole rings is 1. The van der Waals surface area contributed by atoms with Crippen molar-refractivity contribution in [2.45, 2.75) is 50.5 Å². The topological polar surface area (TPSA) is 64.0 Å². The second-order valence-electron chi connectivity index (χ2n) is 6.18. The predicted molar refractivity (Wildman–Crippen MR) is 89.9 cm³/mol. The number of aryl methyl sites for hydroxylation is 2. The zero-order valence-corrected chi connectivity index (χ0v) is 14.4. The van der Waals surface area contributed by atoms with Crippen molar-refractivity contribution in [3.05, 3.63) is 47.5 Å². The highest BCUT2D eigenvalue weighted by Gasteiger charge is 2.23. The molecule has 0 spiro atoms. The Bertz CT molecular complexity index is 792. The van der Waals surface area contributed by atoms with Crippen LogP contribution in [0.3, 0.4) is 0 Å². The Hall–Kier alpha value is -1.66. The number of nitrogens with zero attached hydrogens (tertiary/aromatic N) is 2. The summed E-state index contributed by atoms with van der Waals surface area (Å²) in [7, 11) is -3.47. The molecule has 23 heavy (non-hydrogen) atoms. The van der Waals surface area contributed by atoms with E-state index < -0.39 is 10.0 Å². The molecule has 0 aliphatic heterocycles. The van der Waals surface area contributed by atoms with Crippen molar-refractivity contribution in [1.82, 2.24) is 14.3 Å². The van der Waals surface area contributed by atoms with Gasteiger partial charge in [-0.3, -0.25) is 0 Å². The van der Waals surface area contributed by atoms with Crippen LogP contribution in [0, 0.1) is 13.8 Å². The van der Waals surface area contributed by atoms with Gasteiger partial charge in [-0.2, -0.15) is 0 Å². The first kappa shape index (κ1) is 16.2. The van der Waals surface area contributed by atoms with E-state index in [-0.39, 0.29) is 0 Å². The van der Waals surface area contributed by atoms with Crippen LogP contribution in [-0.4, -0.2) is 24.5 Å². The minimum absolute atomic E-state index is 0.346. The molecule has 0 amide bonds. The van der Waals surface area contributed by atoms with Crippen molar-refractivity contribution in [1.29, 1.82) is 0 Å². The molecule has 1 aromatic heterocycles. The molecule has 1 fully saturated rings. The first-order chi connectivity index (χ1) is 11.0. The van der Waals surface area contributed by atoms with Gasteiger partial charge in [-0.1, -0.05) is 18.2 Å². The lowest BCUT2D eigenvalue weighted by atomic mass is 9.92. The molecule has 2 aromatic rings. The van der Waals surface area contributed by atoms with Crippen LogP contribution >= 0.6 is 0 Å². The highest BCUT2D eigenvalue weighted by Crippen LogP contribution is 2.33. The van der Waals surface area contributed by atoms with Crippen molar-refractivity contribution in [3.63, 3.8) is 0 Å². The smallest absolute Gasteiger partial charge is 0.240 e. The molecule has 124 valence electrons. The summed E-state index contributed by atoms with van der Waals surface area (Å²) in [6, 6.07) is 7.57. The minimum Gasteiger partial charge on any atom is -0.329 e. The third kappa shape index (κ3) is 3.33. The van der Waals surface area contributed by atoms with Gasteiger partial charge in [-0.05, 0) is 44.7 Å². The molecule has 6 heteroatoms. The molecule has 3 rings (SSSR count). The first-order valence-corrected chi connectivity index (χ1v) is 9.55. The van der Waals surface area contributed by atoms with Crippen LogP contribution in [0.15, 0.2) is 35.4 Å². The maximum atomic E-state index is 12.4. The summed E-state index contributed by atoms with van der Waals surface area (Å²) in [6.07, 6.45) is 6.14. The van der Waals surface area contributed by atoms with Gasteiger partial charge in [-0.25, -0.2) is 18.1 Å². The van der Waals surface area contributed by atoms with E-state index in [1.165, 1.54) is 19.3 Å². The summed E-state index contributed by atoms with van der Waals surface area (Å²) in [6.45, 7) is 4.23. The fourth-order valence-electron chi connectivity index (χ4n) is 3.06. The summed E-state index contributed by atoms with van der Waals surface area (Å²) in [5.41, 5.74) is 1.92. The monoisotopic (exact) mass is 333 g/mol. The lowest BCUT2D eigenvalue weighted by Gasteiger charge is -2.29. The standard InChI is InChI=1S/C17H23N3O2S/c1-13-6-3-4-9-16(13)23(21,22)19-11-10-17-18-12-14(2)20(17)15-7-5-8-15/h3-4,6,9,12,15,19H,5,7-8,10-11H2,1-2H3. The number of nitrogens with one attached hydrogen (secondary N) is 1. The average Bonchev–Trinajstić information content (AvgIpc) is 2.79. The van der Waals surface area contributed by atoms with Gasteiger partial charge in [0.25, 0.3) is 0 Å². The lowest BCUT2D eigenvalue weighted by molar-refractivity contribution is 0.302. The molecule has 1 saturated carbocycles. The third-order valence-corrected chi connectivity index (χ3v) is 6.14. The molecular weight excluding hydrogens is 310 g/mol. The summed E-state index contributed by atoms with van der Waals surface area (Å²) < 4.78 is 29.8. The average molecular weight is 333 g/mol. The predicted octanol–water partition coefficient (Wildman–Crippen LogP) is 2.75. The van der Waals surface area contributed by atoms with E-state index in [1.807, 2.05) is 12.3 Å². The maximum absolute atomic E-state index is 12.4. The van der Waals surface area contributed by atoms with Gasteiger partial charge in [0, 0.05) is 30.9 Å². The van der Waals surface area contributed by atoms with E-state index in [2.05, 4.69) is 21.2 Å². The highest BCUT2D eigenvalue weighted by atomic mass is 32.2. The molecule has 0 unspecified atom stereocenters. The van der Waals surface area contributed by atoms with E-state index in [9.17, 15) is 8.42 Å². The van der Waals surface area contributed by atoms with Gasteiger partial charge in [0.05, 0.1) is 4.90 Å². The SMILES string of the molecule is Cc1ccccc1S(=O)(=O)NCCc1ncc(C)n1C1CCC1. The molecule has 1 aromatic carbocycles. The molecule has 0 radical (unpaired) electrons. The van der Waals surface area contributed by atoms with Crippen LogP contribution in [0.4, 0.5) is 0 Å². The van der Waals surface area contributed by atoms with E-state index in [0.29, 0.717) is 23.9 Å². The van der Waals surface area contributed by atoms with E-state index >= 15 is 0 Å². The molecule has 1 aliphatic carbocycles. The number of hydrogen-bond donors (Lipinski definition) is 1. The van der Waals surface area contributed by atoms with Crippen molar-refractivity contribution < 1.29 is 8.42 Å². The molecule has 5 nitrogen and oxygen atoms in total. The zero-order valence-electron chi connectivity index (χ0n) is 13.6. The van der Waals surface area contributed by atoms with Gasteiger partial charge in [0.1, 0.15) is 5.82 Å². The van der Waals surface area contributed by atoms with Crippen LogP contribution in [-0.2, 0) is 16.4 Å². The molecule has 1 heterocycles. The van der Waals surface area contributed by atoms with Gasteiger partial charge in [-0.15, -0.1) is 0 Å². The largest absolute Gasteiger partial charge is 0.329 e. The van der Waals surface area contributed by atoms with Crippen molar-refractivity contribution in [3.8, 4) is 0 Å². The summed E-state index contributed by atoms with van der Waals surface area (Å²) >= 11 is 0. The molecule has 1 N–H and O–H groups in total. The Kier molecular flexibility index (Phi) is 4.55. The third-order valence-electron chi connectivity index (χ3n) is 4.52. The van der Waals surface area contributed by atoms with Crippen LogP contribution in [0.25, 0.3) is 0 Å². The second-order valence-corrected chi connectivity index (χ2v) is 7.92. The van der Waals surface area contributed by atoms with Gasteiger partial charge in [0.2, 0.25) is 10.0 Å². The zero-order chi connectivity index (χ0) is 16.4. The highest BCUT2D eigenvalue weighted by molar-refractivity contribution is 7.89. The Morgan fingerprint density at radius 3 is 2.65 bits per heavy atom. The van der Waals surface area contributed by atoms with Gasteiger partial charge >= 0.3 is 0 Å². The molecule has 1 aliphatic rings. The normalized spacial score (nSPS) is 15.6. The minimum atomic E-state index is -3.47. The summed E-state index contributed by atoms with van der Waals surface area (Å²) in [4.78, 5) is 4.80. The van der Waals surface area contributed by atoms with E-state index in [4.69, 9.17) is 0 Å². The molecule has 0 atom stereocenters. The Morgan fingerprint density at radius 1 is 1.26 bits per heavy atom. The van der Waals surface area contributed by atoms with Gasteiger partial charge < -0.3 is 4.57 Å². The number of hydrogen-bond acceptors (Lipinski definition) is 3. The van der Waals surface area contributed by atoms with E-state index in [1.54, 1.807) is 25.1 Å². The maximum Gasteiger partial charge on any atom is 0.240 e.